The minimum atomic E-state index is -0.961. The maximum absolute atomic E-state index is 12.8. The van der Waals surface area contributed by atoms with Crippen LogP contribution in [0.3, 0.4) is 0 Å². The fourth-order valence-electron chi connectivity index (χ4n) is 2.43. The highest BCUT2D eigenvalue weighted by Gasteiger charge is 2.33. The molecule has 1 rings (SSSR count). The summed E-state index contributed by atoms with van der Waals surface area (Å²) < 4.78 is 0. The number of aromatic carboxylic acids is 1. The highest BCUT2D eigenvalue weighted by Crippen LogP contribution is 2.22. The quantitative estimate of drug-likeness (QED) is 0.804. The molecule has 23 heavy (non-hydrogen) atoms. The van der Waals surface area contributed by atoms with Crippen molar-refractivity contribution in [1.82, 2.24) is 5.32 Å². The summed E-state index contributed by atoms with van der Waals surface area (Å²) in [5.74, 6) is -0.864. The van der Waals surface area contributed by atoms with E-state index in [2.05, 4.69) is 26.1 Å². The lowest BCUT2D eigenvalue weighted by Gasteiger charge is -2.34. The maximum Gasteiger partial charge on any atom is 0.335 e. The standard InChI is InChI=1S/C19H29NO3/c1-7-19(5,6)20-15(16(21)18(2,3)4)12-13-10-8-9-11-14(13)17(22)23/h8-11,15,20H,7,12H2,1-6H3,(H,22,23)/t15-/m0/s1. The van der Waals surface area contributed by atoms with E-state index in [9.17, 15) is 14.7 Å². The average molecular weight is 319 g/mol. The molecule has 0 aliphatic rings. The van der Waals surface area contributed by atoms with Crippen molar-refractivity contribution in [2.24, 2.45) is 5.41 Å². The van der Waals surface area contributed by atoms with Gasteiger partial charge in [0.15, 0.2) is 5.78 Å². The van der Waals surface area contributed by atoms with Gasteiger partial charge in [0.1, 0.15) is 0 Å². The number of hydrogen-bond acceptors (Lipinski definition) is 3. The molecule has 0 bridgehead atoms. The molecule has 0 heterocycles. The van der Waals surface area contributed by atoms with Crippen molar-refractivity contribution in [2.75, 3.05) is 0 Å². The smallest absolute Gasteiger partial charge is 0.335 e. The van der Waals surface area contributed by atoms with E-state index in [-0.39, 0.29) is 16.9 Å². The molecule has 0 amide bonds. The maximum atomic E-state index is 12.8. The molecule has 0 fully saturated rings. The Bertz CT molecular complexity index is 570. The summed E-state index contributed by atoms with van der Waals surface area (Å²) >= 11 is 0. The Hall–Kier alpha value is -1.68. The number of carboxylic acids is 1. The van der Waals surface area contributed by atoms with Crippen molar-refractivity contribution in [1.29, 1.82) is 0 Å². The van der Waals surface area contributed by atoms with Gasteiger partial charge in [-0.2, -0.15) is 0 Å². The van der Waals surface area contributed by atoms with Crippen LogP contribution in [0.2, 0.25) is 0 Å². The number of benzene rings is 1. The van der Waals surface area contributed by atoms with Crippen LogP contribution in [0.5, 0.6) is 0 Å². The Morgan fingerprint density at radius 3 is 2.17 bits per heavy atom. The Balaban J connectivity index is 3.16. The first kappa shape index (κ1) is 19.4. The predicted octanol–water partition coefficient (Wildman–Crippen LogP) is 3.69. The second-order valence-corrected chi connectivity index (χ2v) is 7.72. The fourth-order valence-corrected chi connectivity index (χ4v) is 2.43. The van der Waals surface area contributed by atoms with Gasteiger partial charge >= 0.3 is 5.97 Å². The Kier molecular flexibility index (Phi) is 6.11. The molecule has 0 aromatic heterocycles. The van der Waals surface area contributed by atoms with E-state index in [0.29, 0.717) is 12.0 Å². The molecule has 1 atom stereocenters. The second kappa shape index (κ2) is 7.26. The van der Waals surface area contributed by atoms with Crippen LogP contribution in [0.1, 0.15) is 63.9 Å². The van der Waals surface area contributed by atoms with Gasteiger partial charge in [-0.3, -0.25) is 4.79 Å². The third kappa shape index (κ3) is 5.47. The summed E-state index contributed by atoms with van der Waals surface area (Å²) in [6, 6.07) is 6.47. The number of nitrogens with one attached hydrogen (secondary N) is 1. The first-order valence-electron chi connectivity index (χ1n) is 8.11. The SMILES string of the molecule is CCC(C)(C)N[C@@H](Cc1ccccc1C(=O)O)C(=O)C(C)(C)C. The molecule has 1 aromatic carbocycles. The summed E-state index contributed by atoms with van der Waals surface area (Å²) in [4.78, 5) is 24.2. The molecule has 2 N–H and O–H groups in total. The predicted molar refractivity (Wildman–Crippen MR) is 92.9 cm³/mol. The first-order valence-corrected chi connectivity index (χ1v) is 8.11. The van der Waals surface area contributed by atoms with Gasteiger partial charge in [-0.1, -0.05) is 45.9 Å². The molecule has 0 spiro atoms. The van der Waals surface area contributed by atoms with Gasteiger partial charge in [0.25, 0.3) is 0 Å². The molecule has 0 saturated heterocycles. The van der Waals surface area contributed by atoms with Crippen LogP contribution in [-0.2, 0) is 11.2 Å². The Morgan fingerprint density at radius 1 is 1.13 bits per heavy atom. The normalized spacial score (nSPS) is 13.7. The zero-order valence-corrected chi connectivity index (χ0v) is 15.1. The third-order valence-electron chi connectivity index (χ3n) is 4.18. The lowest BCUT2D eigenvalue weighted by molar-refractivity contribution is -0.129. The minimum absolute atomic E-state index is 0.0965. The van der Waals surface area contributed by atoms with E-state index in [1.54, 1.807) is 18.2 Å². The summed E-state index contributed by atoms with van der Waals surface area (Å²) in [6.07, 6.45) is 1.25. The molecular weight excluding hydrogens is 290 g/mol. The van der Waals surface area contributed by atoms with E-state index in [4.69, 9.17) is 0 Å². The third-order valence-corrected chi connectivity index (χ3v) is 4.18. The van der Waals surface area contributed by atoms with Crippen LogP contribution >= 0.6 is 0 Å². The zero-order chi connectivity index (χ0) is 17.8. The molecule has 4 heteroatoms. The van der Waals surface area contributed by atoms with Gasteiger partial charge in [0, 0.05) is 11.0 Å². The van der Waals surface area contributed by atoms with E-state index in [0.717, 1.165) is 6.42 Å². The molecule has 0 unspecified atom stereocenters. The van der Waals surface area contributed by atoms with Crippen molar-refractivity contribution in [3.8, 4) is 0 Å². The van der Waals surface area contributed by atoms with Crippen molar-refractivity contribution < 1.29 is 14.7 Å². The van der Waals surface area contributed by atoms with E-state index in [1.165, 1.54) is 0 Å². The largest absolute Gasteiger partial charge is 0.478 e. The Labute approximate surface area is 139 Å². The molecular formula is C19H29NO3. The number of ketones is 1. The molecule has 0 aliphatic carbocycles. The molecule has 1 aromatic rings. The van der Waals surface area contributed by atoms with E-state index in [1.807, 2.05) is 26.8 Å². The minimum Gasteiger partial charge on any atom is -0.478 e. The fraction of sp³-hybridized carbons (Fsp3) is 0.579. The van der Waals surface area contributed by atoms with Crippen LogP contribution in [0.4, 0.5) is 0 Å². The Morgan fingerprint density at radius 2 is 1.70 bits per heavy atom. The van der Waals surface area contributed by atoms with Gasteiger partial charge in [-0.05, 0) is 38.3 Å². The van der Waals surface area contributed by atoms with Crippen molar-refractivity contribution in [3.63, 3.8) is 0 Å². The summed E-state index contributed by atoms with van der Waals surface area (Å²) in [5, 5.41) is 12.8. The summed E-state index contributed by atoms with van der Waals surface area (Å²) in [7, 11) is 0. The number of rotatable bonds is 7. The van der Waals surface area contributed by atoms with E-state index < -0.39 is 17.4 Å². The van der Waals surface area contributed by atoms with Gasteiger partial charge in [-0.15, -0.1) is 0 Å². The number of carbonyl (C=O) groups is 2. The van der Waals surface area contributed by atoms with Gasteiger partial charge in [0.2, 0.25) is 0 Å². The highest BCUT2D eigenvalue weighted by atomic mass is 16.4. The number of carbonyl (C=O) groups excluding carboxylic acids is 1. The summed E-state index contributed by atoms with van der Waals surface area (Å²) in [5.41, 5.74) is 0.265. The van der Waals surface area contributed by atoms with Crippen molar-refractivity contribution >= 4 is 11.8 Å². The molecule has 0 aliphatic heterocycles. The van der Waals surface area contributed by atoms with Gasteiger partial charge in [-0.25, -0.2) is 4.79 Å². The highest BCUT2D eigenvalue weighted by molar-refractivity contribution is 5.91. The average Bonchev–Trinajstić information content (AvgIpc) is 2.45. The zero-order valence-electron chi connectivity index (χ0n) is 15.1. The van der Waals surface area contributed by atoms with Gasteiger partial charge in [0.05, 0.1) is 11.6 Å². The number of carboxylic acid groups (broad SMARTS) is 1. The first-order chi connectivity index (χ1) is 10.5. The number of hydrogen-bond donors (Lipinski definition) is 2. The topological polar surface area (TPSA) is 66.4 Å². The van der Waals surface area contributed by atoms with Crippen LogP contribution in [0, 0.1) is 5.41 Å². The lowest BCUT2D eigenvalue weighted by atomic mass is 9.82. The van der Waals surface area contributed by atoms with Crippen LogP contribution in [-0.4, -0.2) is 28.4 Å². The molecule has 0 saturated carbocycles. The second-order valence-electron chi connectivity index (χ2n) is 7.72. The van der Waals surface area contributed by atoms with Crippen LogP contribution < -0.4 is 5.32 Å². The monoisotopic (exact) mass is 319 g/mol. The molecule has 128 valence electrons. The molecule has 4 nitrogen and oxygen atoms in total. The van der Waals surface area contributed by atoms with Crippen molar-refractivity contribution in [3.05, 3.63) is 35.4 Å². The van der Waals surface area contributed by atoms with E-state index >= 15 is 0 Å². The number of Topliss-reactive ketones (excluding diaryl/α,β-unsaturated/α-hetero) is 1. The lowest BCUT2D eigenvalue weighted by Crippen LogP contribution is -2.53. The summed E-state index contributed by atoms with van der Waals surface area (Å²) in [6.45, 7) is 11.9. The van der Waals surface area contributed by atoms with Crippen LogP contribution in [0.15, 0.2) is 24.3 Å². The van der Waals surface area contributed by atoms with Crippen molar-refractivity contribution in [2.45, 2.75) is 66.0 Å². The van der Waals surface area contributed by atoms with Crippen LogP contribution in [0.25, 0.3) is 0 Å². The molecule has 0 radical (unpaired) electrons. The van der Waals surface area contributed by atoms with Gasteiger partial charge < -0.3 is 10.4 Å².